The molecule has 4 aromatic heterocycles. The molecule has 1 radical (unpaired) electrons. The van der Waals surface area contributed by atoms with E-state index in [-0.39, 0.29) is 25.9 Å². The summed E-state index contributed by atoms with van der Waals surface area (Å²) < 4.78 is 54.0. The molecule has 0 fully saturated rings. The van der Waals surface area contributed by atoms with Gasteiger partial charge < -0.3 is 14.4 Å². The second-order valence-electron chi connectivity index (χ2n) is 14.8. The van der Waals surface area contributed by atoms with E-state index in [0.29, 0.717) is 33.6 Å². The molecular weight excluding hydrogens is 850 g/mol. The fourth-order valence-electron chi connectivity index (χ4n) is 6.14. The molecule has 8 rings (SSSR count). The molecule has 0 saturated carbocycles. The van der Waals surface area contributed by atoms with E-state index in [1.807, 2.05) is 81.4 Å². The van der Waals surface area contributed by atoms with Crippen LogP contribution in [-0.4, -0.2) is 23.0 Å². The molecule has 269 valence electrons. The van der Waals surface area contributed by atoms with Gasteiger partial charge in [-0.15, -0.1) is 53.6 Å². The first-order chi connectivity index (χ1) is 26.4. The second kappa shape index (κ2) is 15.7. The van der Waals surface area contributed by atoms with E-state index < -0.39 is 26.2 Å². The molecule has 0 aliphatic carbocycles. The van der Waals surface area contributed by atoms with E-state index >= 15 is 0 Å². The zero-order valence-electron chi connectivity index (χ0n) is 34.5. The fraction of sp³-hybridized carbons (Fsp3) is 0.196. The van der Waals surface area contributed by atoms with Crippen LogP contribution in [0.5, 0.6) is 0 Å². The average Bonchev–Trinajstić information content (AvgIpc) is 3.56. The summed E-state index contributed by atoms with van der Waals surface area (Å²) in [5, 5.41) is 4.02. The van der Waals surface area contributed by atoms with Crippen LogP contribution in [0.1, 0.15) is 42.9 Å². The molecule has 0 bridgehead atoms. The summed E-state index contributed by atoms with van der Waals surface area (Å²) in [6.07, 6.45) is 2.08. The Balaban J connectivity index is 0.000000192. The van der Waals surface area contributed by atoms with Crippen molar-refractivity contribution in [2.24, 2.45) is 5.41 Å². The molecule has 53 heavy (non-hydrogen) atoms. The van der Waals surface area contributed by atoms with Crippen LogP contribution >= 0.6 is 0 Å². The Labute approximate surface area is 331 Å². The van der Waals surface area contributed by atoms with Crippen LogP contribution in [0.15, 0.2) is 126 Å². The number of fused-ring (bicyclic) bond motifs is 5. The first kappa shape index (κ1) is 32.8. The third-order valence-corrected chi connectivity index (χ3v) is 10.5. The molecule has 0 aliphatic rings. The minimum atomic E-state index is -1.83. The van der Waals surface area contributed by atoms with Crippen molar-refractivity contribution in [3.8, 4) is 22.5 Å². The van der Waals surface area contributed by atoms with E-state index in [4.69, 9.17) is 9.90 Å². The van der Waals surface area contributed by atoms with Gasteiger partial charge in [0.1, 0.15) is 5.58 Å². The van der Waals surface area contributed by atoms with Crippen molar-refractivity contribution in [2.75, 3.05) is 0 Å². The van der Waals surface area contributed by atoms with Gasteiger partial charge in [0.15, 0.2) is 0 Å². The van der Waals surface area contributed by atoms with E-state index in [1.54, 1.807) is 48.9 Å². The van der Waals surface area contributed by atoms with Gasteiger partial charge >= 0.3 is 0 Å². The molecule has 4 heterocycles. The molecule has 0 atom stereocenters. The molecule has 0 spiro atoms. The van der Waals surface area contributed by atoms with Gasteiger partial charge in [-0.05, 0) is 52.4 Å². The Morgan fingerprint density at radius 3 is 2.21 bits per heavy atom. The number of para-hydroxylation sites is 1. The van der Waals surface area contributed by atoms with Gasteiger partial charge in [0.05, 0.1) is 25.4 Å². The summed E-state index contributed by atoms with van der Waals surface area (Å²) in [5.74, 6) is -0.354. The molecule has 0 saturated heterocycles. The maximum atomic E-state index is 13.2. The van der Waals surface area contributed by atoms with Crippen LogP contribution in [0.25, 0.3) is 55.4 Å². The summed E-state index contributed by atoms with van der Waals surface area (Å²) in [4.78, 5) is 13.5. The molecule has 0 aliphatic heterocycles. The molecule has 4 nitrogen and oxygen atoms in total. The van der Waals surface area contributed by atoms with Crippen molar-refractivity contribution >= 4 is 46.1 Å². The van der Waals surface area contributed by atoms with Gasteiger partial charge in [-0.25, -0.2) is 0 Å². The molecule has 7 heteroatoms. The first-order valence-corrected chi connectivity index (χ1v) is 20.8. The fourth-order valence-corrected chi connectivity index (χ4v) is 7.53. The number of nitrogens with zero attached hydrogens (tertiary/aromatic N) is 3. The number of halogens is 1. The van der Waals surface area contributed by atoms with Crippen LogP contribution in [0, 0.1) is 23.4 Å². The van der Waals surface area contributed by atoms with E-state index in [2.05, 4.69) is 46.7 Å². The minimum Gasteiger partial charge on any atom is -0.499 e. The van der Waals surface area contributed by atoms with Crippen molar-refractivity contribution in [1.29, 1.82) is 0 Å². The van der Waals surface area contributed by atoms with E-state index in [9.17, 15) is 4.39 Å². The van der Waals surface area contributed by atoms with Crippen molar-refractivity contribution in [1.82, 2.24) is 15.0 Å². The van der Waals surface area contributed by atoms with E-state index in [1.165, 1.54) is 12.1 Å². The zero-order chi connectivity index (χ0) is 40.0. The van der Waals surface area contributed by atoms with Crippen molar-refractivity contribution in [2.45, 2.75) is 53.2 Å². The predicted octanol–water partition coefficient (Wildman–Crippen LogP) is 11.4. The number of hydrogen-bond acceptors (Lipinski definition) is 4. The summed E-state index contributed by atoms with van der Waals surface area (Å²) in [6, 6.07) is 36.8. The maximum Gasteiger partial charge on any atom is 0.139 e. The number of pyridine rings is 3. The Kier molecular flexibility index (Phi) is 9.69. The van der Waals surface area contributed by atoms with Crippen LogP contribution in [0.2, 0.25) is 19.6 Å². The molecule has 0 amide bonds. The maximum absolute atomic E-state index is 13.2. The molecular formula is C46H42FIrN3OSi-2. The van der Waals surface area contributed by atoms with Crippen molar-refractivity contribution in [3.63, 3.8) is 0 Å². The van der Waals surface area contributed by atoms with Crippen LogP contribution < -0.4 is 5.19 Å². The molecule has 4 aromatic carbocycles. The largest absolute Gasteiger partial charge is 0.499 e. The van der Waals surface area contributed by atoms with Gasteiger partial charge in [-0.2, -0.15) is 0 Å². The van der Waals surface area contributed by atoms with Crippen molar-refractivity contribution in [3.05, 3.63) is 156 Å². The zero-order valence-corrected chi connectivity index (χ0v) is 33.9. The van der Waals surface area contributed by atoms with Gasteiger partial charge in [-0.3, -0.25) is 9.37 Å². The Morgan fingerprint density at radius 1 is 0.736 bits per heavy atom. The third kappa shape index (κ3) is 8.88. The molecule has 0 N–H and O–H groups in total. The van der Waals surface area contributed by atoms with Crippen LogP contribution in [0.4, 0.5) is 4.39 Å². The van der Waals surface area contributed by atoms with Gasteiger partial charge in [0.25, 0.3) is 0 Å². The summed E-state index contributed by atoms with van der Waals surface area (Å²) in [6.45, 7) is 12.3. The Morgan fingerprint density at radius 2 is 1.47 bits per heavy atom. The van der Waals surface area contributed by atoms with E-state index in [0.717, 1.165) is 43.6 Å². The molecule has 8 aromatic rings. The van der Waals surface area contributed by atoms with Gasteiger partial charge in [0.2, 0.25) is 0 Å². The summed E-state index contributed by atoms with van der Waals surface area (Å²) in [7, 11) is -1.83. The normalized spacial score (nSPS) is 13.3. The number of rotatable bonds is 6. The number of aromatic nitrogens is 3. The van der Waals surface area contributed by atoms with Crippen LogP contribution in [0.3, 0.4) is 0 Å². The third-order valence-electron chi connectivity index (χ3n) is 8.51. The minimum absolute atomic E-state index is 0. The van der Waals surface area contributed by atoms with Gasteiger partial charge in [-0.1, -0.05) is 118 Å². The average molecular weight is 896 g/mol. The van der Waals surface area contributed by atoms with Crippen LogP contribution in [-0.2, 0) is 32.9 Å². The van der Waals surface area contributed by atoms with Crippen molar-refractivity contribution < 1.29 is 34.4 Å². The first-order valence-electron chi connectivity index (χ1n) is 19.3. The number of hydrogen-bond donors (Lipinski definition) is 0. The Bertz CT molecular complexity index is 2690. The summed E-state index contributed by atoms with van der Waals surface area (Å²) in [5.41, 5.74) is 6.46. The predicted molar refractivity (Wildman–Crippen MR) is 215 cm³/mol. The topological polar surface area (TPSA) is 51.8 Å². The number of benzene rings is 4. The molecule has 0 unspecified atom stereocenters. The SMILES string of the molecule is [2H]C([2H])(c1ccccc1)c1cc(-c2[c-]cc(F)cc2)ncc1[Si](C)(C)C.[2H]C([2H])(c1ccnc(-c2[c-]cc3oc4cnc5ccccc5c4c3c2)c1)C(C)(C)C.[Ir]. The quantitative estimate of drug-likeness (QED) is 0.123. The number of furan rings is 1. The second-order valence-corrected chi connectivity index (χ2v) is 19.9. The standard InChI is InChI=1S/C25H21N2O.C21H21FNSi.Ir/c1-25(2,3)14-16-10-11-26-21(12-16)17-8-9-22-19(13-17)24-18-6-4-5-7-20(18)27-15-23(24)28-22;1-24(2,3)21-15-23-20(17-9-11-19(22)12-10-17)14-18(21)13-16-7-5-4-6-8-16;/h4-7,9-13,15H,14H2,1-3H3;4-9,11-12,14-15H,13H2,1-3H3;/q2*-1;/i14D2;13D2;. The Hall–Kier alpha value is -4.81. The monoisotopic (exact) mass is 896 g/mol. The smallest absolute Gasteiger partial charge is 0.139 e. The van der Waals surface area contributed by atoms with Gasteiger partial charge in [0, 0.05) is 54.6 Å². The summed E-state index contributed by atoms with van der Waals surface area (Å²) >= 11 is 0.